The van der Waals surface area contributed by atoms with Gasteiger partial charge in [0.2, 0.25) is 11.9 Å². The van der Waals surface area contributed by atoms with Crippen molar-refractivity contribution in [1.82, 2.24) is 19.5 Å². The van der Waals surface area contributed by atoms with Crippen LogP contribution in [0.1, 0.15) is 29.7 Å². The zero-order chi connectivity index (χ0) is 20.1. The number of imidazole rings is 1. The molecule has 2 aromatic heterocycles. The highest BCUT2D eigenvalue weighted by molar-refractivity contribution is 5.91. The zero-order valence-electron chi connectivity index (χ0n) is 15.9. The van der Waals surface area contributed by atoms with Gasteiger partial charge in [0.05, 0.1) is 21.7 Å². The first-order valence-electron chi connectivity index (χ1n) is 8.80. The molecule has 1 aliphatic rings. The number of anilines is 1. The van der Waals surface area contributed by atoms with Gasteiger partial charge >= 0.3 is 0 Å². The van der Waals surface area contributed by atoms with Gasteiger partial charge in [0, 0.05) is 11.8 Å². The molecule has 1 saturated heterocycles. The van der Waals surface area contributed by atoms with Gasteiger partial charge in [-0.1, -0.05) is 20.8 Å². The molecule has 25 heavy (non-hydrogen) atoms. The number of aromatic amines is 1. The molecule has 1 amide bonds. The SMILES string of the molecule is [2H]C([2H])(O)[C@H]1O[C@@H](n2cnc3c(=O)[nH]c(NC(=O)C(C)C)nc32)[C@H](F)[C@@H]1C. The summed E-state index contributed by atoms with van der Waals surface area (Å²) >= 11 is 0. The highest BCUT2D eigenvalue weighted by Crippen LogP contribution is 2.36. The second-order valence-electron chi connectivity index (χ2n) is 6.26. The van der Waals surface area contributed by atoms with Crippen LogP contribution >= 0.6 is 0 Å². The molecule has 2 aromatic rings. The number of carbonyl (C=O) groups excluding carboxylic acids is 1. The summed E-state index contributed by atoms with van der Waals surface area (Å²) in [4.78, 5) is 34.4. The van der Waals surface area contributed by atoms with Crippen molar-refractivity contribution in [3.63, 3.8) is 0 Å². The van der Waals surface area contributed by atoms with Gasteiger partial charge in [0.15, 0.2) is 23.6 Å². The van der Waals surface area contributed by atoms with E-state index in [4.69, 9.17) is 7.48 Å². The van der Waals surface area contributed by atoms with Crippen LogP contribution < -0.4 is 10.9 Å². The first-order chi connectivity index (χ1) is 12.5. The van der Waals surface area contributed by atoms with Crippen molar-refractivity contribution in [2.45, 2.75) is 39.3 Å². The Hall–Kier alpha value is -2.33. The lowest BCUT2D eigenvalue weighted by Gasteiger charge is -2.15. The lowest BCUT2D eigenvalue weighted by Crippen LogP contribution is -2.23. The quantitative estimate of drug-likeness (QED) is 0.737. The predicted octanol–water partition coefficient (Wildman–Crippen LogP) is 0.578. The van der Waals surface area contributed by atoms with E-state index in [-0.39, 0.29) is 28.9 Å². The first-order valence-corrected chi connectivity index (χ1v) is 7.80. The Bertz CT molecular complexity index is 925. The molecule has 0 unspecified atom stereocenters. The minimum atomic E-state index is -2.74. The van der Waals surface area contributed by atoms with E-state index >= 15 is 0 Å². The average molecular weight is 355 g/mol. The van der Waals surface area contributed by atoms with E-state index < -0.39 is 36.5 Å². The fourth-order valence-electron chi connectivity index (χ4n) is 2.58. The van der Waals surface area contributed by atoms with Crippen molar-refractivity contribution in [2.75, 3.05) is 11.9 Å². The van der Waals surface area contributed by atoms with Gasteiger partial charge in [-0.05, 0) is 0 Å². The fourth-order valence-corrected chi connectivity index (χ4v) is 2.58. The molecule has 0 bridgehead atoms. The monoisotopic (exact) mass is 355 g/mol. The Morgan fingerprint density at radius 1 is 1.64 bits per heavy atom. The van der Waals surface area contributed by atoms with E-state index in [1.54, 1.807) is 13.8 Å². The van der Waals surface area contributed by atoms with Crippen molar-refractivity contribution < 1.29 is 21.8 Å². The Kier molecular flexibility index (Phi) is 3.91. The third kappa shape index (κ3) is 3.02. The summed E-state index contributed by atoms with van der Waals surface area (Å²) in [5, 5.41) is 12.0. The number of hydrogen-bond acceptors (Lipinski definition) is 6. The highest BCUT2D eigenvalue weighted by atomic mass is 19.1. The molecule has 0 radical (unpaired) electrons. The maximum atomic E-state index is 14.7. The van der Waals surface area contributed by atoms with E-state index in [1.165, 1.54) is 6.92 Å². The van der Waals surface area contributed by atoms with E-state index in [0.29, 0.717) is 0 Å². The zero-order valence-corrected chi connectivity index (χ0v) is 13.9. The van der Waals surface area contributed by atoms with E-state index in [1.807, 2.05) is 0 Å². The van der Waals surface area contributed by atoms with Gasteiger partial charge in [-0.2, -0.15) is 4.98 Å². The lowest BCUT2D eigenvalue weighted by molar-refractivity contribution is -0.118. The number of halogens is 1. The van der Waals surface area contributed by atoms with Crippen LogP contribution in [0.2, 0.25) is 0 Å². The van der Waals surface area contributed by atoms with Crippen LogP contribution in [0.4, 0.5) is 10.3 Å². The van der Waals surface area contributed by atoms with Crippen molar-refractivity contribution in [1.29, 1.82) is 0 Å². The van der Waals surface area contributed by atoms with Crippen molar-refractivity contribution in [3.8, 4) is 0 Å². The van der Waals surface area contributed by atoms with E-state index in [9.17, 15) is 19.1 Å². The smallest absolute Gasteiger partial charge is 0.280 e. The largest absolute Gasteiger partial charge is 0.394 e. The summed E-state index contributed by atoms with van der Waals surface area (Å²) in [6, 6.07) is 0. The topological polar surface area (TPSA) is 122 Å². The molecular formula is C15H20FN5O4. The molecule has 1 fully saturated rings. The molecule has 10 heteroatoms. The number of hydrogen-bond donors (Lipinski definition) is 3. The molecule has 4 atom stereocenters. The van der Waals surface area contributed by atoms with Gasteiger partial charge < -0.3 is 9.84 Å². The number of carbonyl (C=O) groups is 1. The second kappa shape index (κ2) is 6.52. The standard InChI is InChI=1S/C15H20FN5O4/c1-6(2)12(23)19-15-18-11-10(13(24)20-15)17-5-21(11)14-9(16)7(3)8(4-22)25-14/h5-9,14,22H,4H2,1-3H3,(H2,18,19,20,23,24)/t7-,8-,9-,14-/m1/s1/i4D2. The Morgan fingerprint density at radius 2 is 2.36 bits per heavy atom. The Labute approximate surface area is 145 Å². The fraction of sp³-hybridized carbons (Fsp3) is 0.600. The third-order valence-corrected chi connectivity index (χ3v) is 4.14. The number of alkyl halides is 1. The summed E-state index contributed by atoms with van der Waals surface area (Å²) in [5.74, 6) is -1.79. The molecule has 1 aliphatic heterocycles. The number of fused-ring (bicyclic) bond motifs is 1. The summed E-state index contributed by atoms with van der Waals surface area (Å²) in [6.07, 6.45) is -3.26. The lowest BCUT2D eigenvalue weighted by atomic mass is 10.0. The number of amides is 1. The molecule has 3 heterocycles. The van der Waals surface area contributed by atoms with E-state index in [2.05, 4.69) is 20.3 Å². The number of aliphatic hydroxyl groups is 1. The summed E-state index contributed by atoms with van der Waals surface area (Å²) in [7, 11) is 0. The normalized spacial score (nSPS) is 28.2. The molecule has 0 spiro atoms. The van der Waals surface area contributed by atoms with Crippen LogP contribution in [0.15, 0.2) is 11.1 Å². The number of H-pyrrole nitrogens is 1. The Balaban J connectivity index is 2.02. The van der Waals surface area contributed by atoms with Crippen molar-refractivity contribution in [3.05, 3.63) is 16.7 Å². The molecule has 3 N–H and O–H groups in total. The molecule has 3 rings (SSSR count). The van der Waals surface area contributed by atoms with Gasteiger partial charge in [-0.15, -0.1) is 0 Å². The van der Waals surface area contributed by atoms with Crippen molar-refractivity contribution in [2.24, 2.45) is 11.8 Å². The van der Waals surface area contributed by atoms with Crippen LogP contribution in [0.3, 0.4) is 0 Å². The first kappa shape index (κ1) is 15.0. The third-order valence-electron chi connectivity index (χ3n) is 4.14. The maximum Gasteiger partial charge on any atom is 0.280 e. The number of aromatic nitrogens is 4. The molecule has 0 aromatic carbocycles. The van der Waals surface area contributed by atoms with E-state index in [0.717, 1.165) is 10.9 Å². The maximum absolute atomic E-state index is 14.7. The summed E-state index contributed by atoms with van der Waals surface area (Å²) in [5.41, 5.74) is -0.749. The molecule has 136 valence electrons. The van der Waals surface area contributed by atoms with Crippen molar-refractivity contribution >= 4 is 23.0 Å². The number of nitrogens with zero attached hydrogens (tertiary/aromatic N) is 3. The summed E-state index contributed by atoms with van der Waals surface area (Å²) in [6.45, 7) is 2.01. The van der Waals surface area contributed by atoms with Gasteiger partial charge in [-0.25, -0.2) is 9.37 Å². The predicted molar refractivity (Wildman–Crippen MR) is 86.7 cm³/mol. The highest BCUT2D eigenvalue weighted by Gasteiger charge is 2.43. The van der Waals surface area contributed by atoms with Crippen LogP contribution in [0.5, 0.6) is 0 Å². The van der Waals surface area contributed by atoms with Gasteiger partial charge in [-0.3, -0.25) is 24.5 Å². The number of nitrogens with one attached hydrogen (secondary N) is 2. The van der Waals surface area contributed by atoms with Gasteiger partial charge in [0.25, 0.3) is 5.56 Å². The van der Waals surface area contributed by atoms with Crippen LogP contribution in [0.25, 0.3) is 11.2 Å². The number of ether oxygens (including phenoxy) is 1. The number of rotatable bonds is 4. The molecule has 9 nitrogen and oxygen atoms in total. The molecule has 0 saturated carbocycles. The molecular weight excluding hydrogens is 333 g/mol. The average Bonchev–Trinajstić information content (AvgIpc) is 3.09. The van der Waals surface area contributed by atoms with Crippen LogP contribution in [-0.2, 0) is 9.53 Å². The molecule has 0 aliphatic carbocycles. The van der Waals surface area contributed by atoms with Gasteiger partial charge in [0.1, 0.15) is 0 Å². The van der Waals surface area contributed by atoms with Crippen LogP contribution in [0, 0.1) is 11.8 Å². The minimum Gasteiger partial charge on any atom is -0.394 e. The summed E-state index contributed by atoms with van der Waals surface area (Å²) < 4.78 is 36.1. The Morgan fingerprint density at radius 3 is 2.96 bits per heavy atom. The second-order valence-corrected chi connectivity index (χ2v) is 6.26. The minimum absolute atomic E-state index is 0.0307. The van der Waals surface area contributed by atoms with Crippen LogP contribution in [-0.4, -0.2) is 49.4 Å².